The molecule has 0 atom stereocenters. The second-order valence-electron chi connectivity index (χ2n) is 9.30. The Hall–Kier alpha value is -3.44. The fourth-order valence-corrected chi connectivity index (χ4v) is 5.09. The lowest BCUT2D eigenvalue weighted by Crippen LogP contribution is -2.46. The minimum Gasteiger partial charge on any atom is -0.496 e. The van der Waals surface area contributed by atoms with Gasteiger partial charge in [-0.3, -0.25) is 14.5 Å². The van der Waals surface area contributed by atoms with Crippen LogP contribution < -0.4 is 10.1 Å². The Morgan fingerprint density at radius 2 is 1.66 bits per heavy atom. The number of methoxy groups -OCH3 is 1. The van der Waals surface area contributed by atoms with E-state index in [1.54, 1.807) is 14.0 Å². The molecule has 0 aromatic heterocycles. The number of para-hydroxylation sites is 1. The first-order valence-corrected chi connectivity index (χ1v) is 12.3. The number of benzene rings is 3. The molecule has 35 heavy (non-hydrogen) atoms. The number of nitrogens with zero attached hydrogens (tertiary/aromatic N) is 1. The summed E-state index contributed by atoms with van der Waals surface area (Å²) in [6.07, 6.45) is 2.34. The average molecular weight is 471 g/mol. The Kier molecular flexibility index (Phi) is 7.98. The molecule has 4 rings (SSSR count). The molecule has 0 saturated carbocycles. The number of carbonyl (C=O) groups is 2. The molecule has 5 heteroatoms. The highest BCUT2D eigenvalue weighted by Crippen LogP contribution is 2.36. The average Bonchev–Trinajstić information content (AvgIpc) is 2.90. The molecular weight excluding hydrogens is 436 g/mol. The van der Waals surface area contributed by atoms with Crippen molar-refractivity contribution in [3.8, 4) is 5.75 Å². The van der Waals surface area contributed by atoms with Crippen molar-refractivity contribution in [1.82, 2.24) is 10.2 Å². The van der Waals surface area contributed by atoms with Gasteiger partial charge in [0.05, 0.1) is 12.5 Å². The smallest absolute Gasteiger partial charge is 0.251 e. The Morgan fingerprint density at radius 3 is 2.37 bits per heavy atom. The van der Waals surface area contributed by atoms with E-state index < -0.39 is 0 Å². The second-order valence-corrected chi connectivity index (χ2v) is 9.30. The summed E-state index contributed by atoms with van der Waals surface area (Å²) in [6, 6.07) is 25.9. The standard InChI is InChI=1S/C30H34N2O3/c1-23(33)30(27-12-4-3-5-13-27)16-19-32(20-17-30)22-24-9-8-11-26(21-24)29(34)31-18-15-25-10-6-7-14-28(25)35-2/h3-14,21H,15-20,22H2,1-2H3,(H,31,34). The van der Waals surface area contributed by atoms with E-state index in [2.05, 4.69) is 28.4 Å². The van der Waals surface area contributed by atoms with Gasteiger partial charge in [0.2, 0.25) is 0 Å². The number of piperidine rings is 1. The summed E-state index contributed by atoms with van der Waals surface area (Å²) in [4.78, 5) is 27.8. The number of carbonyl (C=O) groups excluding carboxylic acids is 2. The highest BCUT2D eigenvalue weighted by molar-refractivity contribution is 5.94. The van der Waals surface area contributed by atoms with Crippen molar-refractivity contribution in [3.63, 3.8) is 0 Å². The first-order chi connectivity index (χ1) is 17.0. The third-order valence-electron chi connectivity index (χ3n) is 7.18. The molecule has 1 heterocycles. The molecule has 0 spiro atoms. The second kappa shape index (κ2) is 11.3. The van der Waals surface area contributed by atoms with Gasteiger partial charge in [-0.15, -0.1) is 0 Å². The maximum Gasteiger partial charge on any atom is 0.251 e. The highest BCUT2D eigenvalue weighted by Gasteiger charge is 2.40. The number of rotatable bonds is 9. The molecule has 1 fully saturated rings. The van der Waals surface area contributed by atoms with E-state index in [9.17, 15) is 9.59 Å². The summed E-state index contributed by atoms with van der Waals surface area (Å²) in [7, 11) is 1.66. The summed E-state index contributed by atoms with van der Waals surface area (Å²) in [6.45, 7) is 4.74. The van der Waals surface area contributed by atoms with Gasteiger partial charge in [-0.1, -0.05) is 60.7 Å². The third-order valence-corrected chi connectivity index (χ3v) is 7.18. The molecule has 1 aliphatic rings. The molecule has 3 aromatic rings. The summed E-state index contributed by atoms with van der Waals surface area (Å²) in [5.74, 6) is 1.02. The van der Waals surface area contributed by atoms with Crippen molar-refractivity contribution in [2.75, 3.05) is 26.7 Å². The molecule has 0 unspecified atom stereocenters. The predicted octanol–water partition coefficient (Wildman–Crippen LogP) is 4.79. The van der Waals surface area contributed by atoms with E-state index in [-0.39, 0.29) is 17.1 Å². The van der Waals surface area contributed by atoms with Crippen molar-refractivity contribution in [3.05, 3.63) is 101 Å². The summed E-state index contributed by atoms with van der Waals surface area (Å²) in [5, 5.41) is 3.03. The molecule has 5 nitrogen and oxygen atoms in total. The molecule has 1 N–H and O–H groups in total. The normalized spacial score (nSPS) is 15.4. The number of ketones is 1. The van der Waals surface area contributed by atoms with Crippen LogP contribution >= 0.6 is 0 Å². The SMILES string of the molecule is COc1ccccc1CCNC(=O)c1cccc(CN2CCC(C(C)=O)(c3ccccc3)CC2)c1. The highest BCUT2D eigenvalue weighted by atomic mass is 16.5. The topological polar surface area (TPSA) is 58.6 Å². The summed E-state index contributed by atoms with van der Waals surface area (Å²) < 4.78 is 5.39. The van der Waals surface area contributed by atoms with E-state index in [4.69, 9.17) is 4.74 Å². The zero-order valence-corrected chi connectivity index (χ0v) is 20.6. The van der Waals surface area contributed by atoms with Gasteiger partial charge in [0.1, 0.15) is 11.5 Å². The molecule has 1 aliphatic heterocycles. The van der Waals surface area contributed by atoms with Gasteiger partial charge in [-0.25, -0.2) is 0 Å². The molecule has 1 saturated heterocycles. The molecule has 1 amide bonds. The summed E-state index contributed by atoms with van der Waals surface area (Å²) in [5.41, 5.74) is 3.59. The van der Waals surface area contributed by atoms with Crippen LogP contribution in [-0.4, -0.2) is 43.3 Å². The maximum absolute atomic E-state index is 12.8. The molecule has 0 aliphatic carbocycles. The third kappa shape index (κ3) is 5.80. The van der Waals surface area contributed by atoms with Gasteiger partial charge < -0.3 is 10.1 Å². The van der Waals surface area contributed by atoms with E-state index in [1.165, 1.54) is 0 Å². The maximum atomic E-state index is 12.8. The van der Waals surface area contributed by atoms with Crippen LogP contribution in [0, 0.1) is 0 Å². The number of hydrogen-bond donors (Lipinski definition) is 1. The zero-order valence-electron chi connectivity index (χ0n) is 20.6. The van der Waals surface area contributed by atoms with Gasteiger partial charge in [0.25, 0.3) is 5.91 Å². The van der Waals surface area contributed by atoms with Crippen LogP contribution in [0.5, 0.6) is 5.75 Å². The zero-order chi connectivity index (χ0) is 24.7. The lowest BCUT2D eigenvalue weighted by Gasteiger charge is -2.40. The van der Waals surface area contributed by atoms with Gasteiger partial charge >= 0.3 is 0 Å². The van der Waals surface area contributed by atoms with Gasteiger partial charge in [-0.2, -0.15) is 0 Å². The number of amides is 1. The van der Waals surface area contributed by atoms with Crippen LogP contribution in [0.15, 0.2) is 78.9 Å². The van der Waals surface area contributed by atoms with Crippen LogP contribution in [-0.2, 0) is 23.2 Å². The number of likely N-dealkylation sites (tertiary alicyclic amines) is 1. The molecule has 0 radical (unpaired) electrons. The minimum atomic E-state index is -0.388. The van der Waals surface area contributed by atoms with E-state index in [1.807, 2.05) is 60.7 Å². The van der Waals surface area contributed by atoms with Crippen LogP contribution in [0.4, 0.5) is 0 Å². The van der Waals surface area contributed by atoms with Crippen molar-refractivity contribution in [1.29, 1.82) is 0 Å². The number of nitrogens with one attached hydrogen (secondary N) is 1. The van der Waals surface area contributed by atoms with Gasteiger partial charge in [0.15, 0.2) is 0 Å². The molecule has 0 bridgehead atoms. The Bertz CT molecular complexity index is 1150. The Morgan fingerprint density at radius 1 is 0.943 bits per heavy atom. The monoisotopic (exact) mass is 470 g/mol. The van der Waals surface area contributed by atoms with Crippen LogP contribution in [0.3, 0.4) is 0 Å². The first-order valence-electron chi connectivity index (χ1n) is 12.3. The Labute approximate surface area is 208 Å². The lowest BCUT2D eigenvalue weighted by molar-refractivity contribution is -0.124. The minimum absolute atomic E-state index is 0.0694. The lowest BCUT2D eigenvalue weighted by atomic mass is 9.70. The number of hydrogen-bond acceptors (Lipinski definition) is 4. The van der Waals surface area contributed by atoms with E-state index in [0.717, 1.165) is 54.9 Å². The van der Waals surface area contributed by atoms with Crippen LogP contribution in [0.1, 0.15) is 46.8 Å². The first kappa shape index (κ1) is 24.7. The Balaban J connectivity index is 1.33. The van der Waals surface area contributed by atoms with Crippen molar-refractivity contribution in [2.24, 2.45) is 0 Å². The largest absolute Gasteiger partial charge is 0.496 e. The fourth-order valence-electron chi connectivity index (χ4n) is 5.09. The predicted molar refractivity (Wildman–Crippen MR) is 139 cm³/mol. The van der Waals surface area contributed by atoms with Crippen LogP contribution in [0.2, 0.25) is 0 Å². The molecule has 3 aromatic carbocycles. The van der Waals surface area contributed by atoms with Crippen LogP contribution in [0.25, 0.3) is 0 Å². The van der Waals surface area contributed by atoms with Gasteiger partial charge in [-0.05, 0) is 74.2 Å². The fraction of sp³-hybridized carbons (Fsp3) is 0.333. The van der Waals surface area contributed by atoms with E-state index in [0.29, 0.717) is 18.5 Å². The summed E-state index contributed by atoms with van der Waals surface area (Å²) >= 11 is 0. The molecule has 182 valence electrons. The number of Topliss-reactive ketones (excluding diaryl/α,β-unsaturated/α-hetero) is 1. The van der Waals surface area contributed by atoms with Crippen molar-refractivity contribution >= 4 is 11.7 Å². The van der Waals surface area contributed by atoms with E-state index >= 15 is 0 Å². The van der Waals surface area contributed by atoms with Gasteiger partial charge in [0, 0.05) is 18.7 Å². The van der Waals surface area contributed by atoms with Crippen molar-refractivity contribution < 1.29 is 14.3 Å². The molecular formula is C30H34N2O3. The van der Waals surface area contributed by atoms with Crippen molar-refractivity contribution in [2.45, 2.75) is 38.1 Å². The quantitative estimate of drug-likeness (QED) is 0.489. The number of ether oxygens (including phenoxy) is 1.